The predicted molar refractivity (Wildman–Crippen MR) is 66.9 cm³/mol. The first kappa shape index (κ1) is 14.4. The lowest BCUT2D eigenvalue weighted by atomic mass is 10.1. The standard InChI is InChI=1S/C12H18N2O4/c1-8(15)9-7-14(6-5-12(2,3)18)11(17)13(4)10(9)16/h7,18H,5-6H2,1-4H3. The van der Waals surface area contributed by atoms with Crippen molar-refractivity contribution in [3.63, 3.8) is 0 Å². The Bertz CT molecular complexity index is 575. The second kappa shape index (κ2) is 4.89. The summed E-state index contributed by atoms with van der Waals surface area (Å²) in [5.74, 6) is -0.382. The SMILES string of the molecule is CC(=O)c1cn(CCC(C)(C)O)c(=O)n(C)c1=O. The molecule has 1 aromatic rings. The zero-order valence-electron chi connectivity index (χ0n) is 11.1. The Labute approximate surface area is 104 Å². The fraction of sp³-hybridized carbons (Fsp3) is 0.583. The highest BCUT2D eigenvalue weighted by molar-refractivity contribution is 5.93. The summed E-state index contributed by atoms with van der Waals surface area (Å²) in [6.45, 7) is 4.79. The van der Waals surface area contributed by atoms with Crippen molar-refractivity contribution in [1.29, 1.82) is 0 Å². The lowest BCUT2D eigenvalue weighted by Crippen LogP contribution is -2.41. The molecule has 1 rings (SSSR count). The van der Waals surface area contributed by atoms with Crippen LogP contribution in [0.2, 0.25) is 0 Å². The van der Waals surface area contributed by atoms with E-state index in [4.69, 9.17) is 0 Å². The van der Waals surface area contributed by atoms with E-state index in [-0.39, 0.29) is 17.9 Å². The van der Waals surface area contributed by atoms with Crippen molar-refractivity contribution < 1.29 is 9.90 Å². The Kier molecular flexibility index (Phi) is 3.91. The molecule has 0 aliphatic carbocycles. The van der Waals surface area contributed by atoms with Crippen LogP contribution in [0.15, 0.2) is 15.8 Å². The fourth-order valence-electron chi connectivity index (χ4n) is 1.52. The maximum absolute atomic E-state index is 11.8. The van der Waals surface area contributed by atoms with Crippen LogP contribution in [-0.4, -0.2) is 25.6 Å². The van der Waals surface area contributed by atoms with E-state index in [9.17, 15) is 19.5 Å². The van der Waals surface area contributed by atoms with Gasteiger partial charge in [-0.3, -0.25) is 18.7 Å². The van der Waals surface area contributed by atoms with Crippen LogP contribution in [0.5, 0.6) is 0 Å². The molecule has 0 fully saturated rings. The number of carbonyl (C=O) groups excluding carboxylic acids is 1. The van der Waals surface area contributed by atoms with E-state index in [1.54, 1.807) is 13.8 Å². The predicted octanol–water partition coefficient (Wildman–Crippen LogP) is -0.0894. The zero-order chi connectivity index (χ0) is 14.1. The van der Waals surface area contributed by atoms with Gasteiger partial charge in [-0.05, 0) is 27.2 Å². The molecular weight excluding hydrogens is 236 g/mol. The van der Waals surface area contributed by atoms with Gasteiger partial charge in [0.05, 0.1) is 11.2 Å². The highest BCUT2D eigenvalue weighted by atomic mass is 16.3. The minimum atomic E-state index is -0.912. The van der Waals surface area contributed by atoms with Gasteiger partial charge in [-0.2, -0.15) is 0 Å². The maximum atomic E-state index is 11.8. The van der Waals surface area contributed by atoms with Crippen LogP contribution in [0.1, 0.15) is 37.6 Å². The van der Waals surface area contributed by atoms with Crippen LogP contribution in [0.25, 0.3) is 0 Å². The molecule has 1 aromatic heterocycles. The van der Waals surface area contributed by atoms with Gasteiger partial charge in [0.15, 0.2) is 5.78 Å². The third kappa shape index (κ3) is 3.16. The molecule has 0 spiro atoms. The van der Waals surface area contributed by atoms with Gasteiger partial charge >= 0.3 is 5.69 Å². The summed E-state index contributed by atoms with van der Waals surface area (Å²) in [5, 5.41) is 9.62. The molecule has 100 valence electrons. The molecule has 18 heavy (non-hydrogen) atoms. The lowest BCUT2D eigenvalue weighted by Gasteiger charge is -2.18. The third-order valence-corrected chi connectivity index (χ3v) is 2.70. The first-order valence-electron chi connectivity index (χ1n) is 5.67. The highest BCUT2D eigenvalue weighted by Gasteiger charge is 2.16. The Hall–Kier alpha value is -1.69. The minimum absolute atomic E-state index is 0.0205. The van der Waals surface area contributed by atoms with E-state index in [1.165, 1.54) is 24.7 Å². The molecule has 1 N–H and O–H groups in total. The number of ketones is 1. The fourth-order valence-corrected chi connectivity index (χ4v) is 1.52. The number of aliphatic hydroxyl groups is 1. The molecule has 0 unspecified atom stereocenters. The molecule has 6 heteroatoms. The van der Waals surface area contributed by atoms with Gasteiger partial charge in [-0.1, -0.05) is 0 Å². The van der Waals surface area contributed by atoms with E-state index in [0.29, 0.717) is 6.42 Å². The molecule has 0 amide bonds. The number of rotatable bonds is 4. The molecule has 0 saturated carbocycles. The molecule has 0 radical (unpaired) electrons. The topological polar surface area (TPSA) is 81.3 Å². The van der Waals surface area contributed by atoms with Gasteiger partial charge in [0.1, 0.15) is 0 Å². The van der Waals surface area contributed by atoms with Crippen LogP contribution in [0.3, 0.4) is 0 Å². The van der Waals surface area contributed by atoms with Gasteiger partial charge < -0.3 is 5.11 Å². The van der Waals surface area contributed by atoms with Crippen molar-refractivity contribution >= 4 is 5.78 Å². The van der Waals surface area contributed by atoms with Gasteiger partial charge in [0.2, 0.25) is 0 Å². The van der Waals surface area contributed by atoms with Crippen molar-refractivity contribution in [1.82, 2.24) is 9.13 Å². The van der Waals surface area contributed by atoms with Crippen molar-refractivity contribution in [3.8, 4) is 0 Å². The largest absolute Gasteiger partial charge is 0.390 e. The van der Waals surface area contributed by atoms with Gasteiger partial charge in [-0.15, -0.1) is 0 Å². The Morgan fingerprint density at radius 3 is 2.39 bits per heavy atom. The molecular formula is C12H18N2O4. The number of aryl methyl sites for hydroxylation is 1. The normalized spacial score (nSPS) is 11.6. The summed E-state index contributed by atoms with van der Waals surface area (Å²) in [6.07, 6.45) is 1.61. The molecule has 6 nitrogen and oxygen atoms in total. The number of carbonyl (C=O) groups is 1. The average molecular weight is 254 g/mol. The van der Waals surface area contributed by atoms with Crippen LogP contribution in [0, 0.1) is 0 Å². The molecule has 0 aliphatic heterocycles. The summed E-state index contributed by atoms with van der Waals surface area (Å²) >= 11 is 0. The van der Waals surface area contributed by atoms with Crippen molar-refractivity contribution in [2.24, 2.45) is 7.05 Å². The molecule has 0 aromatic carbocycles. The smallest absolute Gasteiger partial charge is 0.330 e. The molecule has 0 atom stereocenters. The number of Topliss-reactive ketones (excluding diaryl/α,β-unsaturated/α-hetero) is 1. The van der Waals surface area contributed by atoms with Gasteiger partial charge in [0, 0.05) is 19.8 Å². The number of nitrogens with zero attached hydrogens (tertiary/aromatic N) is 2. The highest BCUT2D eigenvalue weighted by Crippen LogP contribution is 2.07. The minimum Gasteiger partial charge on any atom is -0.390 e. The van der Waals surface area contributed by atoms with Crippen LogP contribution in [-0.2, 0) is 13.6 Å². The van der Waals surface area contributed by atoms with Crippen LogP contribution in [0.4, 0.5) is 0 Å². The molecule has 0 saturated heterocycles. The van der Waals surface area contributed by atoms with E-state index in [2.05, 4.69) is 0 Å². The summed E-state index contributed by atoms with van der Waals surface area (Å²) in [5.41, 5.74) is -2.01. The third-order valence-electron chi connectivity index (χ3n) is 2.70. The quantitative estimate of drug-likeness (QED) is 0.761. The van der Waals surface area contributed by atoms with Crippen molar-refractivity contribution in [2.45, 2.75) is 39.3 Å². The number of aromatic nitrogens is 2. The van der Waals surface area contributed by atoms with E-state index in [0.717, 1.165) is 4.57 Å². The molecule has 0 aliphatic rings. The number of hydrogen-bond acceptors (Lipinski definition) is 4. The Morgan fingerprint density at radius 1 is 1.39 bits per heavy atom. The van der Waals surface area contributed by atoms with E-state index < -0.39 is 16.9 Å². The van der Waals surface area contributed by atoms with Crippen molar-refractivity contribution in [3.05, 3.63) is 32.6 Å². The monoisotopic (exact) mass is 254 g/mol. The summed E-state index contributed by atoms with van der Waals surface area (Å²) in [7, 11) is 1.33. The average Bonchev–Trinajstić information content (AvgIpc) is 2.23. The summed E-state index contributed by atoms with van der Waals surface area (Å²) < 4.78 is 2.18. The first-order chi connectivity index (χ1) is 8.13. The Morgan fingerprint density at radius 2 is 1.94 bits per heavy atom. The Balaban J connectivity index is 3.26. The van der Waals surface area contributed by atoms with Crippen LogP contribution < -0.4 is 11.2 Å². The second-order valence-electron chi connectivity index (χ2n) is 5.00. The van der Waals surface area contributed by atoms with Crippen LogP contribution >= 0.6 is 0 Å². The second-order valence-corrected chi connectivity index (χ2v) is 5.00. The number of hydrogen-bond donors (Lipinski definition) is 1. The molecule has 0 bridgehead atoms. The maximum Gasteiger partial charge on any atom is 0.330 e. The summed E-state index contributed by atoms with van der Waals surface area (Å²) in [6, 6.07) is 0. The van der Waals surface area contributed by atoms with Gasteiger partial charge in [-0.25, -0.2) is 4.79 Å². The first-order valence-corrected chi connectivity index (χ1v) is 5.67. The zero-order valence-corrected chi connectivity index (χ0v) is 11.1. The van der Waals surface area contributed by atoms with Gasteiger partial charge in [0.25, 0.3) is 5.56 Å². The molecule has 1 heterocycles. The van der Waals surface area contributed by atoms with E-state index in [1.807, 2.05) is 0 Å². The van der Waals surface area contributed by atoms with E-state index >= 15 is 0 Å². The van der Waals surface area contributed by atoms with Crippen molar-refractivity contribution in [2.75, 3.05) is 0 Å². The lowest BCUT2D eigenvalue weighted by molar-refractivity contribution is 0.0656. The summed E-state index contributed by atoms with van der Waals surface area (Å²) in [4.78, 5) is 34.8.